The Labute approximate surface area is 85.5 Å². The van der Waals surface area contributed by atoms with E-state index in [9.17, 15) is 4.79 Å². The van der Waals surface area contributed by atoms with Gasteiger partial charge in [-0.1, -0.05) is 0 Å². The van der Waals surface area contributed by atoms with E-state index in [1.54, 1.807) is 23.0 Å². The van der Waals surface area contributed by atoms with Crippen LogP contribution in [-0.2, 0) is 4.79 Å². The number of hydrogen-bond acceptors (Lipinski definition) is 2. The van der Waals surface area contributed by atoms with Crippen LogP contribution in [0.2, 0.25) is 0 Å². The van der Waals surface area contributed by atoms with Gasteiger partial charge in [-0.05, 0) is 18.2 Å². The van der Waals surface area contributed by atoms with Crippen LogP contribution in [-0.4, -0.2) is 21.4 Å². The van der Waals surface area contributed by atoms with Gasteiger partial charge in [-0.25, -0.2) is 4.52 Å². The van der Waals surface area contributed by atoms with Crippen LogP contribution < -0.4 is 5.32 Å². The predicted molar refractivity (Wildman–Crippen MR) is 54.5 cm³/mol. The first-order chi connectivity index (χ1) is 6.79. The van der Waals surface area contributed by atoms with Crippen LogP contribution in [0, 0.1) is 0 Å². The highest BCUT2D eigenvalue weighted by Crippen LogP contribution is 2.11. The van der Waals surface area contributed by atoms with E-state index in [4.69, 9.17) is 11.6 Å². The molecule has 1 amide bonds. The van der Waals surface area contributed by atoms with E-state index in [0.717, 1.165) is 11.2 Å². The van der Waals surface area contributed by atoms with Crippen molar-refractivity contribution in [1.29, 1.82) is 0 Å². The van der Waals surface area contributed by atoms with Crippen molar-refractivity contribution in [3.8, 4) is 0 Å². The fourth-order valence-corrected chi connectivity index (χ4v) is 1.26. The molecule has 0 aliphatic heterocycles. The number of carbonyl (C=O) groups is 1. The summed E-state index contributed by atoms with van der Waals surface area (Å²) in [5, 5.41) is 6.70. The van der Waals surface area contributed by atoms with Gasteiger partial charge in [0.15, 0.2) is 0 Å². The zero-order chi connectivity index (χ0) is 9.97. The van der Waals surface area contributed by atoms with Crippen molar-refractivity contribution in [2.75, 3.05) is 11.2 Å². The Morgan fingerprint density at radius 3 is 3.21 bits per heavy atom. The van der Waals surface area contributed by atoms with Gasteiger partial charge in [0, 0.05) is 18.1 Å². The maximum absolute atomic E-state index is 11.0. The summed E-state index contributed by atoms with van der Waals surface area (Å²) in [5.41, 5.74) is 1.65. The highest BCUT2D eigenvalue weighted by Gasteiger charge is 2.00. The Hall–Kier alpha value is -1.55. The van der Waals surface area contributed by atoms with E-state index in [1.807, 2.05) is 12.1 Å². The average molecular weight is 210 g/mol. The first-order valence-corrected chi connectivity index (χ1v) is 4.62. The molecule has 0 saturated carbocycles. The first kappa shape index (κ1) is 9.02. The second kappa shape index (κ2) is 3.67. The van der Waals surface area contributed by atoms with Gasteiger partial charge in [-0.2, -0.15) is 5.10 Å². The topological polar surface area (TPSA) is 46.4 Å². The van der Waals surface area contributed by atoms with Crippen LogP contribution in [0.1, 0.15) is 0 Å². The number of aromatic nitrogens is 2. The lowest BCUT2D eigenvalue weighted by atomic mass is 10.3. The largest absolute Gasteiger partial charge is 0.325 e. The van der Waals surface area contributed by atoms with Gasteiger partial charge < -0.3 is 5.32 Å². The summed E-state index contributed by atoms with van der Waals surface area (Å²) >= 11 is 5.37. The molecular weight excluding hydrogens is 202 g/mol. The van der Waals surface area contributed by atoms with Gasteiger partial charge in [0.25, 0.3) is 0 Å². The minimum atomic E-state index is -0.212. The Bertz CT molecular complexity index is 466. The van der Waals surface area contributed by atoms with Crippen molar-refractivity contribution >= 4 is 28.7 Å². The molecule has 0 aromatic carbocycles. The van der Waals surface area contributed by atoms with Crippen molar-refractivity contribution in [1.82, 2.24) is 9.61 Å². The third-order valence-corrected chi connectivity index (χ3v) is 2.05. The number of hydrogen-bond donors (Lipinski definition) is 1. The molecule has 0 aliphatic rings. The second-order valence-electron chi connectivity index (χ2n) is 2.80. The highest BCUT2D eigenvalue weighted by molar-refractivity contribution is 6.29. The molecule has 14 heavy (non-hydrogen) atoms. The van der Waals surface area contributed by atoms with Crippen LogP contribution in [0.25, 0.3) is 5.52 Å². The Balaban J connectivity index is 2.30. The number of nitrogens with zero attached hydrogens (tertiary/aromatic N) is 2. The fraction of sp³-hybridized carbons (Fsp3) is 0.111. The summed E-state index contributed by atoms with van der Waals surface area (Å²) in [6.07, 6.45) is 3.47. The van der Waals surface area contributed by atoms with Gasteiger partial charge in [-0.15, -0.1) is 11.6 Å². The quantitative estimate of drug-likeness (QED) is 0.763. The van der Waals surface area contributed by atoms with Crippen LogP contribution in [0.5, 0.6) is 0 Å². The molecule has 0 unspecified atom stereocenters. The summed E-state index contributed by atoms with van der Waals surface area (Å²) in [7, 11) is 0. The number of halogens is 1. The van der Waals surface area contributed by atoms with Crippen molar-refractivity contribution in [3.63, 3.8) is 0 Å². The molecule has 5 heteroatoms. The van der Waals surface area contributed by atoms with E-state index in [-0.39, 0.29) is 11.8 Å². The number of carbonyl (C=O) groups excluding carboxylic acids is 1. The first-order valence-electron chi connectivity index (χ1n) is 4.09. The minimum absolute atomic E-state index is 0.0373. The molecular formula is C9H8ClN3O. The van der Waals surface area contributed by atoms with E-state index in [0.29, 0.717) is 0 Å². The summed E-state index contributed by atoms with van der Waals surface area (Å²) in [5.74, 6) is -0.250. The summed E-state index contributed by atoms with van der Waals surface area (Å²) in [6.45, 7) is 0. The lowest BCUT2D eigenvalue weighted by Gasteiger charge is -2.02. The minimum Gasteiger partial charge on any atom is -0.325 e. The summed E-state index contributed by atoms with van der Waals surface area (Å²) in [4.78, 5) is 11.0. The standard InChI is InChI=1S/C9H8ClN3O/c10-6-9(14)12-7-2-4-13-8(5-7)1-3-11-13/h1-5H,6H2,(H,12,14). The molecule has 2 aromatic rings. The average Bonchev–Trinajstić information content (AvgIpc) is 2.64. The van der Waals surface area contributed by atoms with E-state index < -0.39 is 0 Å². The smallest absolute Gasteiger partial charge is 0.239 e. The van der Waals surface area contributed by atoms with E-state index >= 15 is 0 Å². The normalized spacial score (nSPS) is 10.4. The Morgan fingerprint density at radius 1 is 1.57 bits per heavy atom. The molecule has 2 aromatic heterocycles. The maximum atomic E-state index is 11.0. The van der Waals surface area contributed by atoms with Crippen LogP contribution in [0.4, 0.5) is 5.69 Å². The molecule has 72 valence electrons. The fourth-order valence-electron chi connectivity index (χ4n) is 1.19. The maximum Gasteiger partial charge on any atom is 0.239 e. The summed E-state index contributed by atoms with van der Waals surface area (Å²) in [6, 6.07) is 5.46. The van der Waals surface area contributed by atoms with Gasteiger partial charge >= 0.3 is 0 Å². The molecule has 0 aliphatic carbocycles. The van der Waals surface area contributed by atoms with Crippen molar-refractivity contribution in [3.05, 3.63) is 30.6 Å². The molecule has 2 rings (SSSR count). The van der Waals surface area contributed by atoms with Gasteiger partial charge in [0.1, 0.15) is 5.88 Å². The Kier molecular flexibility index (Phi) is 2.37. The molecule has 0 fully saturated rings. The van der Waals surface area contributed by atoms with Crippen molar-refractivity contribution in [2.24, 2.45) is 0 Å². The third kappa shape index (κ3) is 1.70. The molecule has 0 bridgehead atoms. The molecule has 4 nitrogen and oxygen atoms in total. The molecule has 0 saturated heterocycles. The van der Waals surface area contributed by atoms with E-state index in [1.165, 1.54) is 0 Å². The zero-order valence-corrected chi connectivity index (χ0v) is 8.03. The number of rotatable bonds is 2. The SMILES string of the molecule is O=C(CCl)Nc1ccn2nccc2c1. The second-order valence-corrected chi connectivity index (χ2v) is 3.07. The zero-order valence-electron chi connectivity index (χ0n) is 7.27. The highest BCUT2D eigenvalue weighted by atomic mass is 35.5. The molecule has 0 atom stereocenters. The number of anilines is 1. The van der Waals surface area contributed by atoms with Gasteiger partial charge in [0.2, 0.25) is 5.91 Å². The van der Waals surface area contributed by atoms with Crippen molar-refractivity contribution < 1.29 is 4.79 Å². The van der Waals surface area contributed by atoms with Crippen LogP contribution in [0.15, 0.2) is 30.6 Å². The third-order valence-electron chi connectivity index (χ3n) is 1.80. The van der Waals surface area contributed by atoms with Crippen LogP contribution >= 0.6 is 11.6 Å². The predicted octanol–water partition coefficient (Wildman–Crippen LogP) is 1.51. The number of pyridine rings is 1. The van der Waals surface area contributed by atoms with Gasteiger partial charge in [0.05, 0.1) is 5.52 Å². The molecule has 2 heterocycles. The van der Waals surface area contributed by atoms with Gasteiger partial charge in [-0.3, -0.25) is 4.79 Å². The number of nitrogens with one attached hydrogen (secondary N) is 1. The number of alkyl halides is 1. The molecule has 0 radical (unpaired) electrons. The number of amides is 1. The number of fused-ring (bicyclic) bond motifs is 1. The Morgan fingerprint density at radius 2 is 2.43 bits per heavy atom. The molecule has 0 spiro atoms. The van der Waals surface area contributed by atoms with Crippen LogP contribution in [0.3, 0.4) is 0 Å². The van der Waals surface area contributed by atoms with Crippen molar-refractivity contribution in [2.45, 2.75) is 0 Å². The lowest BCUT2D eigenvalue weighted by Crippen LogP contribution is -2.12. The van der Waals surface area contributed by atoms with E-state index in [2.05, 4.69) is 10.4 Å². The monoisotopic (exact) mass is 209 g/mol. The molecule has 1 N–H and O–H groups in total. The summed E-state index contributed by atoms with van der Waals surface area (Å²) < 4.78 is 1.72. The lowest BCUT2D eigenvalue weighted by molar-refractivity contribution is -0.113.